The van der Waals surface area contributed by atoms with Crippen LogP contribution in [0.4, 0.5) is 5.69 Å². The molecule has 1 atom stereocenters. The molecule has 2 heterocycles. The van der Waals surface area contributed by atoms with Gasteiger partial charge in [0.2, 0.25) is 5.91 Å². The van der Waals surface area contributed by atoms with Gasteiger partial charge in [0.15, 0.2) is 0 Å². The number of nitrogens with zero attached hydrogens (tertiary/aromatic N) is 2. The summed E-state index contributed by atoms with van der Waals surface area (Å²) in [7, 11) is 0. The maximum absolute atomic E-state index is 13.5. The van der Waals surface area contributed by atoms with E-state index in [1.165, 1.54) is 11.2 Å². The van der Waals surface area contributed by atoms with Crippen LogP contribution in [0.25, 0.3) is 0 Å². The Morgan fingerprint density at radius 1 is 1.21 bits per heavy atom. The van der Waals surface area contributed by atoms with E-state index in [9.17, 15) is 14.9 Å². The van der Waals surface area contributed by atoms with Gasteiger partial charge in [-0.25, -0.2) is 0 Å². The van der Waals surface area contributed by atoms with E-state index in [1.54, 1.807) is 54.6 Å². The molecule has 2 amide bonds. The molecular formula is C24H16BrCl2N3O3S. The minimum absolute atomic E-state index is 0.114. The molecule has 34 heavy (non-hydrogen) atoms. The molecule has 1 aliphatic rings. The van der Waals surface area contributed by atoms with E-state index >= 15 is 0 Å². The van der Waals surface area contributed by atoms with E-state index in [2.05, 4.69) is 21.2 Å². The average Bonchev–Trinajstić information content (AvgIpc) is 3.45. The SMILES string of the molecule is N#C/C(C(=O)NCc1ccco1)=C1/S[C@H](Cc2cc(Cl)ccc2Cl)C(=O)N1c1ccc(Br)cc1. The second kappa shape index (κ2) is 10.7. The normalized spacial score (nSPS) is 16.9. The van der Waals surface area contributed by atoms with Crippen LogP contribution in [0.3, 0.4) is 0 Å². The van der Waals surface area contributed by atoms with Gasteiger partial charge < -0.3 is 9.73 Å². The van der Waals surface area contributed by atoms with Crippen LogP contribution in [-0.4, -0.2) is 17.1 Å². The minimum atomic E-state index is -0.601. The molecule has 0 spiro atoms. The summed E-state index contributed by atoms with van der Waals surface area (Å²) in [6, 6.07) is 17.5. The molecule has 1 N–H and O–H groups in total. The fraction of sp³-hybridized carbons (Fsp3) is 0.125. The lowest BCUT2D eigenvalue weighted by Crippen LogP contribution is -2.32. The van der Waals surface area contributed by atoms with Crippen molar-refractivity contribution in [3.05, 3.63) is 97.3 Å². The van der Waals surface area contributed by atoms with Crippen molar-refractivity contribution in [2.24, 2.45) is 0 Å². The Morgan fingerprint density at radius 3 is 2.65 bits per heavy atom. The van der Waals surface area contributed by atoms with Crippen molar-refractivity contribution in [1.29, 1.82) is 5.26 Å². The van der Waals surface area contributed by atoms with Crippen LogP contribution in [0, 0.1) is 11.3 Å². The fourth-order valence-electron chi connectivity index (χ4n) is 3.38. The van der Waals surface area contributed by atoms with Crippen molar-refractivity contribution < 1.29 is 14.0 Å². The van der Waals surface area contributed by atoms with Gasteiger partial charge in [-0.3, -0.25) is 14.5 Å². The lowest BCUT2D eigenvalue weighted by atomic mass is 10.1. The smallest absolute Gasteiger partial charge is 0.265 e. The van der Waals surface area contributed by atoms with Crippen molar-refractivity contribution >= 4 is 68.4 Å². The van der Waals surface area contributed by atoms with Gasteiger partial charge in [0.1, 0.15) is 22.4 Å². The summed E-state index contributed by atoms with van der Waals surface area (Å²) in [5.74, 6) is -0.313. The Morgan fingerprint density at radius 2 is 1.97 bits per heavy atom. The van der Waals surface area contributed by atoms with E-state index in [0.29, 0.717) is 27.1 Å². The van der Waals surface area contributed by atoms with E-state index in [1.807, 2.05) is 6.07 Å². The molecule has 1 aliphatic heterocycles. The minimum Gasteiger partial charge on any atom is -0.467 e. The van der Waals surface area contributed by atoms with Crippen molar-refractivity contribution in [3.8, 4) is 6.07 Å². The van der Waals surface area contributed by atoms with Crippen LogP contribution in [0.15, 0.2) is 80.4 Å². The molecule has 4 rings (SSSR count). The van der Waals surface area contributed by atoms with Crippen molar-refractivity contribution in [2.45, 2.75) is 18.2 Å². The number of hydrogen-bond acceptors (Lipinski definition) is 5. The van der Waals surface area contributed by atoms with Gasteiger partial charge in [0, 0.05) is 20.2 Å². The number of nitrogens with one attached hydrogen (secondary N) is 1. The highest BCUT2D eigenvalue weighted by molar-refractivity contribution is 9.10. The summed E-state index contributed by atoms with van der Waals surface area (Å²) in [5, 5.41) is 13.2. The Hall–Kier alpha value is -2.70. The topological polar surface area (TPSA) is 86.3 Å². The molecule has 6 nitrogen and oxygen atoms in total. The Balaban J connectivity index is 1.70. The van der Waals surface area contributed by atoms with E-state index in [-0.39, 0.29) is 29.5 Å². The first-order valence-electron chi connectivity index (χ1n) is 10.0. The summed E-state index contributed by atoms with van der Waals surface area (Å²) in [6.45, 7) is 0.114. The van der Waals surface area contributed by atoms with Crippen LogP contribution in [0.1, 0.15) is 11.3 Å². The molecule has 0 bridgehead atoms. The van der Waals surface area contributed by atoms with Gasteiger partial charge in [-0.05, 0) is 66.6 Å². The number of furan rings is 1. The zero-order valence-electron chi connectivity index (χ0n) is 17.4. The summed E-state index contributed by atoms with van der Waals surface area (Å²) in [5.41, 5.74) is 1.09. The highest BCUT2D eigenvalue weighted by Crippen LogP contribution is 2.42. The summed E-state index contributed by atoms with van der Waals surface area (Å²) in [4.78, 5) is 27.9. The lowest BCUT2D eigenvalue weighted by Gasteiger charge is -2.19. The number of carbonyl (C=O) groups excluding carboxylic acids is 2. The molecule has 0 radical (unpaired) electrons. The molecule has 1 aromatic heterocycles. The molecule has 1 fully saturated rings. The van der Waals surface area contributed by atoms with Gasteiger partial charge >= 0.3 is 0 Å². The summed E-state index contributed by atoms with van der Waals surface area (Å²) >= 11 is 17.0. The number of halogens is 3. The van der Waals surface area contributed by atoms with Crippen molar-refractivity contribution in [3.63, 3.8) is 0 Å². The van der Waals surface area contributed by atoms with E-state index in [0.717, 1.165) is 16.2 Å². The number of hydrogen-bond donors (Lipinski definition) is 1. The van der Waals surface area contributed by atoms with Crippen LogP contribution in [-0.2, 0) is 22.6 Å². The van der Waals surface area contributed by atoms with Crippen molar-refractivity contribution in [1.82, 2.24) is 5.32 Å². The van der Waals surface area contributed by atoms with Gasteiger partial charge in [-0.15, -0.1) is 0 Å². The van der Waals surface area contributed by atoms with Gasteiger partial charge in [-0.1, -0.05) is 50.9 Å². The lowest BCUT2D eigenvalue weighted by molar-refractivity contribution is -0.117. The molecule has 172 valence electrons. The largest absolute Gasteiger partial charge is 0.467 e. The molecule has 0 unspecified atom stereocenters. The van der Waals surface area contributed by atoms with E-state index < -0.39 is 11.2 Å². The predicted octanol–water partition coefficient (Wildman–Crippen LogP) is 6.09. The Bertz CT molecular complexity index is 1300. The molecular weight excluding hydrogens is 561 g/mol. The maximum Gasteiger partial charge on any atom is 0.265 e. The molecule has 0 saturated carbocycles. The summed E-state index contributed by atoms with van der Waals surface area (Å²) in [6.07, 6.45) is 1.78. The first-order valence-corrected chi connectivity index (χ1v) is 12.5. The van der Waals surface area contributed by atoms with Gasteiger partial charge in [0.25, 0.3) is 5.91 Å². The van der Waals surface area contributed by atoms with E-state index in [4.69, 9.17) is 27.6 Å². The average molecular weight is 577 g/mol. The highest BCUT2D eigenvalue weighted by atomic mass is 79.9. The molecule has 0 aliphatic carbocycles. The third kappa shape index (κ3) is 5.34. The number of thioether (sulfide) groups is 1. The second-order valence-corrected chi connectivity index (χ2v) is 10.2. The number of nitriles is 1. The second-order valence-electron chi connectivity index (χ2n) is 7.25. The highest BCUT2D eigenvalue weighted by Gasteiger charge is 2.41. The first-order chi connectivity index (χ1) is 16.4. The molecule has 3 aromatic rings. The summed E-state index contributed by atoms with van der Waals surface area (Å²) < 4.78 is 6.07. The third-order valence-corrected chi connectivity index (χ3v) is 7.40. The Kier molecular flexibility index (Phi) is 7.69. The van der Waals surface area contributed by atoms with Gasteiger partial charge in [-0.2, -0.15) is 5.26 Å². The Labute approximate surface area is 218 Å². The molecule has 2 aromatic carbocycles. The predicted molar refractivity (Wildman–Crippen MR) is 136 cm³/mol. The number of benzene rings is 2. The zero-order valence-corrected chi connectivity index (χ0v) is 21.3. The number of anilines is 1. The van der Waals surface area contributed by atoms with Crippen LogP contribution in [0.5, 0.6) is 0 Å². The van der Waals surface area contributed by atoms with Crippen LogP contribution >= 0.6 is 50.9 Å². The zero-order chi connectivity index (χ0) is 24.2. The first kappa shape index (κ1) is 24.4. The number of amides is 2. The monoisotopic (exact) mass is 575 g/mol. The maximum atomic E-state index is 13.5. The van der Waals surface area contributed by atoms with Crippen molar-refractivity contribution in [2.75, 3.05) is 4.90 Å². The standard InChI is InChI=1S/C24H16BrCl2N3O3S/c25-15-3-6-17(7-4-15)30-23(32)21(11-14-10-16(26)5-8-20(14)27)34-24(30)19(12-28)22(31)29-13-18-2-1-9-33-18/h1-10,21H,11,13H2,(H,29,31)/b24-19-/t21-/m1/s1. The molecule has 1 saturated heterocycles. The number of rotatable bonds is 6. The number of carbonyl (C=O) groups is 2. The quantitative estimate of drug-likeness (QED) is 0.283. The third-order valence-electron chi connectivity index (χ3n) is 5.01. The molecule has 10 heteroatoms. The van der Waals surface area contributed by atoms with Crippen LogP contribution < -0.4 is 10.2 Å². The van der Waals surface area contributed by atoms with Gasteiger partial charge in [0.05, 0.1) is 18.1 Å². The fourth-order valence-corrected chi connectivity index (χ4v) is 5.33. The van der Waals surface area contributed by atoms with Crippen LogP contribution in [0.2, 0.25) is 10.0 Å².